The second-order valence-electron chi connectivity index (χ2n) is 4.09. The first-order valence-corrected chi connectivity index (χ1v) is 7.45. The van der Waals surface area contributed by atoms with Crippen LogP contribution in [0.3, 0.4) is 0 Å². The molecule has 18 heavy (non-hydrogen) atoms. The molecule has 0 radical (unpaired) electrons. The highest BCUT2D eigenvalue weighted by atomic mass is 32.2. The van der Waals surface area contributed by atoms with Gasteiger partial charge in [-0.1, -0.05) is 6.07 Å². The Hall–Kier alpha value is -1.56. The van der Waals surface area contributed by atoms with E-state index in [9.17, 15) is 13.2 Å². The molecule has 0 unspecified atom stereocenters. The highest BCUT2D eigenvalue weighted by Crippen LogP contribution is 2.22. The zero-order valence-corrected chi connectivity index (χ0v) is 11.8. The molecule has 5 nitrogen and oxygen atoms in total. The van der Waals surface area contributed by atoms with Crippen LogP contribution < -0.4 is 9.62 Å². The summed E-state index contributed by atoms with van der Waals surface area (Å²) < 4.78 is 24.2. The van der Waals surface area contributed by atoms with Crippen LogP contribution in [0.25, 0.3) is 0 Å². The fourth-order valence-electron chi connectivity index (χ4n) is 1.53. The molecule has 0 saturated carbocycles. The number of benzene rings is 1. The second-order valence-corrected chi connectivity index (χ2v) is 6.10. The number of anilines is 1. The fraction of sp³-hybridized carbons (Fsp3) is 0.417. The van der Waals surface area contributed by atoms with Crippen molar-refractivity contribution in [3.05, 3.63) is 29.3 Å². The number of amides is 1. The third kappa shape index (κ3) is 3.22. The molecule has 0 saturated heterocycles. The highest BCUT2D eigenvalue weighted by Gasteiger charge is 2.16. The summed E-state index contributed by atoms with van der Waals surface area (Å²) in [4.78, 5) is 11.7. The predicted octanol–water partition coefficient (Wildman–Crippen LogP) is 1.14. The minimum atomic E-state index is -3.33. The molecule has 1 amide bonds. The second kappa shape index (κ2) is 5.39. The first-order valence-electron chi connectivity index (χ1n) is 5.60. The van der Waals surface area contributed by atoms with Gasteiger partial charge >= 0.3 is 0 Å². The fourth-order valence-corrected chi connectivity index (χ4v) is 2.09. The van der Waals surface area contributed by atoms with Crippen LogP contribution >= 0.6 is 0 Å². The molecule has 0 aliphatic carbocycles. The van der Waals surface area contributed by atoms with Crippen molar-refractivity contribution < 1.29 is 13.2 Å². The Labute approximate surface area is 108 Å². The lowest BCUT2D eigenvalue weighted by atomic mass is 10.1. The van der Waals surface area contributed by atoms with Crippen molar-refractivity contribution in [2.75, 3.05) is 24.2 Å². The zero-order chi connectivity index (χ0) is 13.9. The van der Waals surface area contributed by atoms with Crippen molar-refractivity contribution >= 4 is 21.6 Å². The predicted molar refractivity (Wildman–Crippen MR) is 72.4 cm³/mol. The normalized spacial score (nSPS) is 11.1. The van der Waals surface area contributed by atoms with Crippen molar-refractivity contribution in [3.8, 4) is 0 Å². The van der Waals surface area contributed by atoms with Gasteiger partial charge in [0.1, 0.15) is 0 Å². The Kier molecular flexibility index (Phi) is 4.34. The van der Waals surface area contributed by atoms with Crippen LogP contribution in [-0.2, 0) is 10.0 Å². The van der Waals surface area contributed by atoms with E-state index in [0.717, 1.165) is 11.8 Å². The molecular weight excluding hydrogens is 252 g/mol. The Morgan fingerprint density at radius 3 is 2.50 bits per heavy atom. The molecule has 100 valence electrons. The van der Waals surface area contributed by atoms with Crippen LogP contribution in [0.1, 0.15) is 22.8 Å². The van der Waals surface area contributed by atoms with E-state index in [1.165, 1.54) is 11.4 Å². The summed E-state index contributed by atoms with van der Waals surface area (Å²) >= 11 is 0. The largest absolute Gasteiger partial charge is 0.352 e. The average Bonchev–Trinajstić information content (AvgIpc) is 2.27. The maximum absolute atomic E-state index is 11.7. The van der Waals surface area contributed by atoms with Crippen molar-refractivity contribution in [3.63, 3.8) is 0 Å². The lowest BCUT2D eigenvalue weighted by molar-refractivity contribution is 0.0956. The number of aryl methyl sites for hydroxylation is 1. The maximum Gasteiger partial charge on any atom is 0.251 e. The van der Waals surface area contributed by atoms with Gasteiger partial charge in [-0.25, -0.2) is 8.42 Å². The minimum absolute atomic E-state index is 0.208. The Bertz CT molecular complexity index is 552. The molecule has 0 aromatic heterocycles. The Balaban J connectivity index is 3.21. The summed E-state index contributed by atoms with van der Waals surface area (Å²) in [5, 5.41) is 2.68. The molecule has 1 rings (SSSR count). The quantitative estimate of drug-likeness (QED) is 0.892. The van der Waals surface area contributed by atoms with Crippen LogP contribution in [0.15, 0.2) is 18.2 Å². The van der Waals surface area contributed by atoms with Crippen LogP contribution in [0.2, 0.25) is 0 Å². The van der Waals surface area contributed by atoms with Gasteiger partial charge in [0.05, 0.1) is 11.9 Å². The number of sulfonamides is 1. The van der Waals surface area contributed by atoms with Gasteiger partial charge < -0.3 is 5.32 Å². The number of nitrogens with zero attached hydrogens (tertiary/aromatic N) is 1. The molecule has 1 N–H and O–H groups in total. The van der Waals surface area contributed by atoms with Gasteiger partial charge in [-0.3, -0.25) is 9.10 Å². The average molecular weight is 270 g/mol. The lowest BCUT2D eigenvalue weighted by Crippen LogP contribution is -2.27. The third-order valence-electron chi connectivity index (χ3n) is 2.65. The van der Waals surface area contributed by atoms with Gasteiger partial charge in [0.15, 0.2) is 0 Å². The topological polar surface area (TPSA) is 66.5 Å². The van der Waals surface area contributed by atoms with Gasteiger partial charge in [-0.15, -0.1) is 0 Å². The van der Waals surface area contributed by atoms with E-state index in [4.69, 9.17) is 0 Å². The van der Waals surface area contributed by atoms with E-state index in [1.807, 2.05) is 6.92 Å². The summed E-state index contributed by atoms with van der Waals surface area (Å²) in [7, 11) is -1.86. The number of carbonyl (C=O) groups is 1. The number of hydrogen-bond acceptors (Lipinski definition) is 3. The van der Waals surface area contributed by atoms with Crippen LogP contribution in [-0.4, -0.2) is 34.2 Å². The molecule has 0 fully saturated rings. The smallest absolute Gasteiger partial charge is 0.251 e. The van der Waals surface area contributed by atoms with Gasteiger partial charge in [0.25, 0.3) is 5.91 Å². The Morgan fingerprint density at radius 2 is 2.00 bits per heavy atom. The summed E-state index contributed by atoms with van der Waals surface area (Å²) in [5.74, 6) is -0.208. The van der Waals surface area contributed by atoms with E-state index in [2.05, 4.69) is 5.32 Å². The van der Waals surface area contributed by atoms with E-state index in [1.54, 1.807) is 25.1 Å². The molecule has 0 spiro atoms. The number of rotatable bonds is 4. The molecule has 1 aromatic carbocycles. The van der Waals surface area contributed by atoms with Crippen LogP contribution in [0.4, 0.5) is 5.69 Å². The SMILES string of the molecule is CCNC(=O)c1ccc(C)c(N(C)S(C)(=O)=O)c1. The maximum atomic E-state index is 11.7. The van der Waals surface area contributed by atoms with Crippen LogP contribution in [0, 0.1) is 6.92 Å². The van der Waals surface area contributed by atoms with E-state index >= 15 is 0 Å². The van der Waals surface area contributed by atoms with Crippen LogP contribution in [0.5, 0.6) is 0 Å². The first-order chi connectivity index (χ1) is 8.27. The monoisotopic (exact) mass is 270 g/mol. The van der Waals surface area contributed by atoms with Gasteiger partial charge in [-0.05, 0) is 31.5 Å². The summed E-state index contributed by atoms with van der Waals surface area (Å²) in [6.45, 7) is 4.16. The zero-order valence-electron chi connectivity index (χ0n) is 11.0. The summed E-state index contributed by atoms with van der Waals surface area (Å²) in [6.07, 6.45) is 1.13. The highest BCUT2D eigenvalue weighted by molar-refractivity contribution is 7.92. The van der Waals surface area contributed by atoms with Gasteiger partial charge in [-0.2, -0.15) is 0 Å². The number of carbonyl (C=O) groups excluding carboxylic acids is 1. The van der Waals surface area contributed by atoms with E-state index in [-0.39, 0.29) is 5.91 Å². The molecule has 1 aromatic rings. The van der Waals surface area contributed by atoms with Gasteiger partial charge in [0.2, 0.25) is 10.0 Å². The van der Waals surface area contributed by atoms with Crippen molar-refractivity contribution in [1.82, 2.24) is 5.32 Å². The molecule has 0 aliphatic rings. The molecule has 0 aliphatic heterocycles. The molecule has 6 heteroatoms. The number of hydrogen-bond donors (Lipinski definition) is 1. The molecule has 0 bridgehead atoms. The molecule has 0 atom stereocenters. The summed E-state index contributed by atoms with van der Waals surface area (Å²) in [6, 6.07) is 5.00. The molecule has 0 heterocycles. The van der Waals surface area contributed by atoms with Crippen molar-refractivity contribution in [2.45, 2.75) is 13.8 Å². The summed E-state index contributed by atoms with van der Waals surface area (Å²) in [5.41, 5.74) is 1.77. The Morgan fingerprint density at radius 1 is 1.39 bits per heavy atom. The van der Waals surface area contributed by atoms with E-state index < -0.39 is 10.0 Å². The lowest BCUT2D eigenvalue weighted by Gasteiger charge is -2.19. The van der Waals surface area contributed by atoms with Crippen molar-refractivity contribution in [1.29, 1.82) is 0 Å². The minimum Gasteiger partial charge on any atom is -0.352 e. The third-order valence-corrected chi connectivity index (χ3v) is 3.84. The number of nitrogens with one attached hydrogen (secondary N) is 1. The molecular formula is C12H18N2O3S. The first kappa shape index (κ1) is 14.5. The van der Waals surface area contributed by atoms with Gasteiger partial charge in [0, 0.05) is 19.2 Å². The standard InChI is InChI=1S/C12H18N2O3S/c1-5-13-12(15)10-7-6-9(2)11(8-10)14(3)18(4,16)17/h6-8H,5H2,1-4H3,(H,13,15). The van der Waals surface area contributed by atoms with E-state index in [0.29, 0.717) is 17.8 Å². The van der Waals surface area contributed by atoms with Crippen molar-refractivity contribution in [2.24, 2.45) is 0 Å².